The Labute approximate surface area is 118 Å². The molecule has 2 aliphatic rings. The van der Waals surface area contributed by atoms with Crippen molar-refractivity contribution < 1.29 is 9.47 Å². The highest BCUT2D eigenvalue weighted by Gasteiger charge is 2.16. The van der Waals surface area contributed by atoms with Crippen molar-refractivity contribution in [3.05, 3.63) is 29.8 Å². The van der Waals surface area contributed by atoms with Crippen molar-refractivity contribution in [2.24, 2.45) is 0 Å². The van der Waals surface area contributed by atoms with Gasteiger partial charge in [-0.1, -0.05) is 12.2 Å². The van der Waals surface area contributed by atoms with Crippen molar-refractivity contribution in [1.29, 1.82) is 0 Å². The second-order valence-corrected chi connectivity index (χ2v) is 5.68. The van der Waals surface area contributed by atoms with E-state index in [1.54, 1.807) is 11.8 Å². The minimum absolute atomic E-state index is 0.586. The highest BCUT2D eigenvalue weighted by molar-refractivity contribution is 7.98. The van der Waals surface area contributed by atoms with E-state index in [1.807, 2.05) is 0 Å². The predicted molar refractivity (Wildman–Crippen MR) is 78.2 cm³/mol. The molecule has 1 aromatic rings. The summed E-state index contributed by atoms with van der Waals surface area (Å²) in [6, 6.07) is 4.81. The summed E-state index contributed by atoms with van der Waals surface area (Å²) in [6.07, 6.45) is 8.87. The molecule has 0 aromatic heterocycles. The number of fused-ring (bicyclic) bond motifs is 1. The largest absolute Gasteiger partial charge is 0.486 e. The van der Waals surface area contributed by atoms with Gasteiger partial charge in [0.15, 0.2) is 11.5 Å². The maximum atomic E-state index is 5.66. The van der Waals surface area contributed by atoms with E-state index in [-0.39, 0.29) is 0 Å². The van der Waals surface area contributed by atoms with Crippen molar-refractivity contribution in [1.82, 2.24) is 5.32 Å². The van der Waals surface area contributed by atoms with Crippen molar-refractivity contribution in [3.63, 3.8) is 0 Å². The molecule has 1 aliphatic carbocycles. The lowest BCUT2D eigenvalue weighted by atomic mass is 10.1. The Bertz CT molecular complexity index is 479. The highest BCUT2D eigenvalue weighted by atomic mass is 32.2. The first-order valence-corrected chi connectivity index (χ1v) is 7.94. The van der Waals surface area contributed by atoms with E-state index in [2.05, 4.69) is 35.9 Å². The summed E-state index contributed by atoms with van der Waals surface area (Å²) in [6.45, 7) is 2.18. The van der Waals surface area contributed by atoms with Gasteiger partial charge in [-0.15, -0.1) is 11.8 Å². The fourth-order valence-electron chi connectivity index (χ4n) is 2.48. The first kappa shape index (κ1) is 12.9. The minimum Gasteiger partial charge on any atom is -0.486 e. The third-order valence-electron chi connectivity index (χ3n) is 3.53. The molecule has 1 N–H and O–H groups in total. The second-order valence-electron chi connectivity index (χ2n) is 4.83. The van der Waals surface area contributed by atoms with Crippen LogP contribution in [0.2, 0.25) is 0 Å². The Hall–Kier alpha value is -1.13. The first-order valence-electron chi connectivity index (χ1n) is 6.71. The summed E-state index contributed by atoms with van der Waals surface area (Å²) in [7, 11) is 0. The molecule has 1 aromatic carbocycles. The zero-order valence-corrected chi connectivity index (χ0v) is 12.0. The van der Waals surface area contributed by atoms with Gasteiger partial charge in [-0.25, -0.2) is 0 Å². The quantitative estimate of drug-likeness (QED) is 0.677. The number of thioether (sulfide) groups is 1. The van der Waals surface area contributed by atoms with E-state index < -0.39 is 0 Å². The SMILES string of the molecule is CSc1cc2c(cc1CNC1CC=CC1)OCCO2. The van der Waals surface area contributed by atoms with Crippen molar-refractivity contribution in [2.45, 2.75) is 30.3 Å². The summed E-state index contributed by atoms with van der Waals surface area (Å²) >= 11 is 1.76. The molecule has 0 fully saturated rings. The first-order chi connectivity index (χ1) is 9.36. The molecule has 0 radical (unpaired) electrons. The van der Waals surface area contributed by atoms with Gasteiger partial charge in [-0.05, 0) is 36.8 Å². The third kappa shape index (κ3) is 2.90. The third-order valence-corrected chi connectivity index (χ3v) is 4.35. The second kappa shape index (κ2) is 5.88. The number of hydrogen-bond acceptors (Lipinski definition) is 4. The number of ether oxygens (including phenoxy) is 2. The van der Waals surface area contributed by atoms with E-state index in [0.717, 1.165) is 30.9 Å². The summed E-state index contributed by atoms with van der Waals surface area (Å²) in [5.74, 6) is 1.76. The Balaban J connectivity index is 1.74. The Morgan fingerprint density at radius 3 is 2.53 bits per heavy atom. The van der Waals surface area contributed by atoms with Gasteiger partial charge in [0.2, 0.25) is 0 Å². The molecule has 0 amide bonds. The summed E-state index contributed by atoms with van der Waals surface area (Å²) in [5.41, 5.74) is 1.30. The summed E-state index contributed by atoms with van der Waals surface area (Å²) in [5, 5.41) is 3.61. The normalized spacial score (nSPS) is 17.9. The molecule has 0 spiro atoms. The molecule has 0 bridgehead atoms. The number of rotatable bonds is 4. The number of nitrogens with one attached hydrogen (secondary N) is 1. The zero-order valence-electron chi connectivity index (χ0n) is 11.1. The van der Waals surface area contributed by atoms with Crippen LogP contribution >= 0.6 is 11.8 Å². The van der Waals surface area contributed by atoms with E-state index in [1.165, 1.54) is 10.5 Å². The highest BCUT2D eigenvalue weighted by Crippen LogP contribution is 2.36. The van der Waals surface area contributed by atoms with Gasteiger partial charge in [-0.3, -0.25) is 0 Å². The zero-order chi connectivity index (χ0) is 13.1. The van der Waals surface area contributed by atoms with Crippen LogP contribution in [-0.2, 0) is 6.54 Å². The van der Waals surface area contributed by atoms with Gasteiger partial charge in [0, 0.05) is 17.5 Å². The molecule has 4 heteroatoms. The van der Waals surface area contributed by atoms with Crippen LogP contribution in [0.1, 0.15) is 18.4 Å². The van der Waals surface area contributed by atoms with Crippen LogP contribution in [0.25, 0.3) is 0 Å². The van der Waals surface area contributed by atoms with Gasteiger partial charge >= 0.3 is 0 Å². The number of benzene rings is 1. The molecule has 3 rings (SSSR count). The average molecular weight is 277 g/mol. The minimum atomic E-state index is 0.586. The molecule has 102 valence electrons. The standard InChI is InChI=1S/C15H19NO2S/c1-19-15-9-14-13(17-6-7-18-14)8-11(15)10-16-12-4-2-3-5-12/h2-3,8-9,12,16H,4-7,10H2,1H3. The van der Waals surface area contributed by atoms with Crippen LogP contribution in [0, 0.1) is 0 Å². The van der Waals surface area contributed by atoms with Crippen molar-refractivity contribution in [3.8, 4) is 11.5 Å². The monoisotopic (exact) mass is 277 g/mol. The molecule has 3 nitrogen and oxygen atoms in total. The topological polar surface area (TPSA) is 30.5 Å². The molecule has 1 heterocycles. The average Bonchev–Trinajstić information content (AvgIpc) is 2.97. The molecule has 1 aliphatic heterocycles. The molecular weight excluding hydrogens is 258 g/mol. The fraction of sp³-hybridized carbons (Fsp3) is 0.467. The number of hydrogen-bond donors (Lipinski definition) is 1. The maximum absolute atomic E-state index is 5.66. The van der Waals surface area contributed by atoms with Crippen molar-refractivity contribution in [2.75, 3.05) is 19.5 Å². The Morgan fingerprint density at radius 1 is 1.16 bits per heavy atom. The predicted octanol–water partition coefficient (Wildman–Crippen LogP) is 2.99. The van der Waals surface area contributed by atoms with Crippen LogP contribution in [0.4, 0.5) is 0 Å². The summed E-state index contributed by atoms with van der Waals surface area (Å²) < 4.78 is 11.3. The lowest BCUT2D eigenvalue weighted by Gasteiger charge is -2.21. The maximum Gasteiger partial charge on any atom is 0.162 e. The smallest absolute Gasteiger partial charge is 0.162 e. The molecule has 0 unspecified atom stereocenters. The van der Waals surface area contributed by atoms with Crippen LogP contribution in [0.15, 0.2) is 29.2 Å². The van der Waals surface area contributed by atoms with Gasteiger partial charge in [0.25, 0.3) is 0 Å². The van der Waals surface area contributed by atoms with Crippen LogP contribution < -0.4 is 14.8 Å². The fourth-order valence-corrected chi connectivity index (χ4v) is 3.10. The van der Waals surface area contributed by atoms with Crippen LogP contribution in [-0.4, -0.2) is 25.5 Å². The van der Waals surface area contributed by atoms with Gasteiger partial charge in [0.1, 0.15) is 13.2 Å². The van der Waals surface area contributed by atoms with Gasteiger partial charge in [0.05, 0.1) is 0 Å². The van der Waals surface area contributed by atoms with Crippen LogP contribution in [0.5, 0.6) is 11.5 Å². The Kier molecular flexibility index (Phi) is 3.99. The summed E-state index contributed by atoms with van der Waals surface area (Å²) in [4.78, 5) is 1.27. The lowest BCUT2D eigenvalue weighted by Crippen LogP contribution is -2.26. The van der Waals surface area contributed by atoms with E-state index >= 15 is 0 Å². The molecular formula is C15H19NO2S. The molecule has 0 saturated heterocycles. The molecule has 0 atom stereocenters. The van der Waals surface area contributed by atoms with E-state index in [4.69, 9.17) is 9.47 Å². The molecule has 19 heavy (non-hydrogen) atoms. The van der Waals surface area contributed by atoms with E-state index in [9.17, 15) is 0 Å². The van der Waals surface area contributed by atoms with Crippen molar-refractivity contribution >= 4 is 11.8 Å². The van der Waals surface area contributed by atoms with Gasteiger partial charge < -0.3 is 14.8 Å². The van der Waals surface area contributed by atoms with E-state index in [0.29, 0.717) is 19.3 Å². The van der Waals surface area contributed by atoms with Crippen LogP contribution in [0.3, 0.4) is 0 Å². The van der Waals surface area contributed by atoms with Gasteiger partial charge in [-0.2, -0.15) is 0 Å². The Morgan fingerprint density at radius 2 is 1.84 bits per heavy atom. The lowest BCUT2D eigenvalue weighted by molar-refractivity contribution is 0.171. The molecule has 0 saturated carbocycles.